The van der Waals surface area contributed by atoms with Crippen LogP contribution < -0.4 is 0 Å². The van der Waals surface area contributed by atoms with E-state index in [0.29, 0.717) is 24.2 Å². The Balaban J connectivity index is 1.98. The fourth-order valence-corrected chi connectivity index (χ4v) is 4.88. The molecule has 8 nitrogen and oxygen atoms in total. The quantitative estimate of drug-likeness (QED) is 0.727. The molecule has 0 fully saturated rings. The van der Waals surface area contributed by atoms with Crippen LogP contribution in [0, 0.1) is 6.92 Å². The summed E-state index contributed by atoms with van der Waals surface area (Å²) in [6, 6.07) is 1.37. The molecule has 10 heteroatoms. The second-order valence-electron chi connectivity index (χ2n) is 5.99. The molecule has 1 aliphatic rings. The van der Waals surface area contributed by atoms with Gasteiger partial charge in [0.15, 0.2) is 5.15 Å². The summed E-state index contributed by atoms with van der Waals surface area (Å²) in [6.07, 6.45) is 2.11. The van der Waals surface area contributed by atoms with Gasteiger partial charge in [-0.15, -0.1) is 5.10 Å². The van der Waals surface area contributed by atoms with Crippen molar-refractivity contribution < 1.29 is 17.9 Å². The molecule has 0 unspecified atom stereocenters. The zero-order chi connectivity index (χ0) is 19.1. The molecule has 0 spiro atoms. The molecular formula is C16H19ClN4O4S. The van der Waals surface area contributed by atoms with E-state index in [2.05, 4.69) is 10.2 Å². The average Bonchev–Trinajstić information content (AvgIpc) is 2.91. The molecule has 3 heterocycles. The highest BCUT2D eigenvalue weighted by molar-refractivity contribution is 7.89. The number of hydrogen-bond donors (Lipinski definition) is 0. The van der Waals surface area contributed by atoms with Gasteiger partial charge in [-0.2, -0.15) is 9.40 Å². The normalized spacial score (nSPS) is 14.9. The van der Waals surface area contributed by atoms with Crippen molar-refractivity contribution in [2.45, 2.75) is 31.7 Å². The van der Waals surface area contributed by atoms with E-state index in [9.17, 15) is 13.2 Å². The number of nitrogens with zero attached hydrogens (tertiary/aromatic N) is 4. The van der Waals surface area contributed by atoms with Crippen LogP contribution in [0.3, 0.4) is 0 Å². The molecule has 0 N–H and O–H groups in total. The Hall–Kier alpha value is -1.97. The van der Waals surface area contributed by atoms with E-state index in [-0.39, 0.29) is 28.9 Å². The minimum Gasteiger partial charge on any atom is -0.461 e. The van der Waals surface area contributed by atoms with E-state index in [4.69, 9.17) is 16.3 Å². The van der Waals surface area contributed by atoms with Crippen LogP contribution in [-0.4, -0.2) is 46.6 Å². The van der Waals surface area contributed by atoms with Crippen molar-refractivity contribution in [2.24, 2.45) is 7.05 Å². The van der Waals surface area contributed by atoms with Gasteiger partial charge in [-0.1, -0.05) is 11.6 Å². The lowest BCUT2D eigenvalue weighted by Gasteiger charge is -2.27. The van der Waals surface area contributed by atoms with Crippen molar-refractivity contribution in [3.63, 3.8) is 0 Å². The summed E-state index contributed by atoms with van der Waals surface area (Å²) in [7, 11) is -2.17. The van der Waals surface area contributed by atoms with Crippen LogP contribution in [0.15, 0.2) is 17.2 Å². The molecule has 0 saturated carbocycles. The van der Waals surface area contributed by atoms with Gasteiger partial charge in [-0.25, -0.2) is 13.2 Å². The number of carbonyl (C=O) groups is 1. The third-order valence-corrected chi connectivity index (χ3v) is 6.82. The highest BCUT2D eigenvalue weighted by atomic mass is 35.5. The van der Waals surface area contributed by atoms with Crippen LogP contribution in [-0.2, 0) is 34.8 Å². The van der Waals surface area contributed by atoms with Gasteiger partial charge in [0, 0.05) is 31.4 Å². The topological polar surface area (TPSA) is 94.4 Å². The predicted molar refractivity (Wildman–Crippen MR) is 94.4 cm³/mol. The number of rotatable bonds is 4. The van der Waals surface area contributed by atoms with Crippen molar-refractivity contribution in [2.75, 3.05) is 13.2 Å². The first-order valence-corrected chi connectivity index (χ1v) is 9.91. The number of carbonyl (C=O) groups excluding carboxylic acids is 1. The second-order valence-corrected chi connectivity index (χ2v) is 8.25. The summed E-state index contributed by atoms with van der Waals surface area (Å²) >= 11 is 6.08. The van der Waals surface area contributed by atoms with E-state index in [1.807, 2.05) is 0 Å². The predicted octanol–water partition coefficient (Wildman–Crippen LogP) is 1.70. The number of ether oxygens (including phenoxy) is 1. The number of fused-ring (bicyclic) bond motifs is 1. The maximum absolute atomic E-state index is 13.2. The molecule has 0 saturated heterocycles. The van der Waals surface area contributed by atoms with E-state index < -0.39 is 16.0 Å². The Morgan fingerprint density at radius 1 is 1.42 bits per heavy atom. The van der Waals surface area contributed by atoms with Gasteiger partial charge < -0.3 is 9.30 Å². The van der Waals surface area contributed by atoms with E-state index in [1.165, 1.54) is 14.9 Å². The van der Waals surface area contributed by atoms with E-state index in [1.54, 1.807) is 27.1 Å². The standard InChI is InChI=1S/C16H19ClN4O4S/c1-4-25-16(22)13-7-14(10(2)20(13)3)26(23,24)21-6-5-11-8-18-19-15(17)12(11)9-21/h7-8H,4-6,9H2,1-3H3. The van der Waals surface area contributed by atoms with Crippen LogP contribution >= 0.6 is 11.6 Å². The van der Waals surface area contributed by atoms with E-state index >= 15 is 0 Å². The summed E-state index contributed by atoms with van der Waals surface area (Å²) in [6.45, 7) is 4.00. The smallest absolute Gasteiger partial charge is 0.354 e. The monoisotopic (exact) mass is 398 g/mol. The van der Waals surface area contributed by atoms with Gasteiger partial charge in [-0.05, 0) is 31.9 Å². The summed E-state index contributed by atoms with van der Waals surface area (Å²) in [4.78, 5) is 12.1. The molecular weight excluding hydrogens is 380 g/mol. The average molecular weight is 399 g/mol. The van der Waals surface area contributed by atoms with Gasteiger partial charge in [0.2, 0.25) is 10.0 Å². The molecule has 0 atom stereocenters. The molecule has 2 aromatic rings. The van der Waals surface area contributed by atoms with Gasteiger partial charge in [0.1, 0.15) is 10.6 Å². The first kappa shape index (κ1) is 18.8. The fraction of sp³-hybridized carbons (Fsp3) is 0.438. The fourth-order valence-electron chi connectivity index (χ4n) is 2.98. The number of halogens is 1. The van der Waals surface area contributed by atoms with Crippen LogP contribution in [0.4, 0.5) is 0 Å². The summed E-state index contributed by atoms with van der Waals surface area (Å²) in [5, 5.41) is 7.80. The first-order valence-electron chi connectivity index (χ1n) is 8.09. The molecule has 2 aromatic heterocycles. The lowest BCUT2D eigenvalue weighted by molar-refractivity contribution is 0.0515. The first-order chi connectivity index (χ1) is 12.3. The minimum atomic E-state index is -3.80. The Kier molecular flexibility index (Phi) is 5.05. The van der Waals surface area contributed by atoms with Crippen LogP contribution in [0.2, 0.25) is 5.15 Å². The van der Waals surface area contributed by atoms with Crippen LogP contribution in [0.5, 0.6) is 0 Å². The number of aromatic nitrogens is 3. The molecule has 0 radical (unpaired) electrons. The molecule has 1 aliphatic heterocycles. The summed E-state index contributed by atoms with van der Waals surface area (Å²) in [5.74, 6) is -0.554. The number of esters is 1. The van der Waals surface area contributed by atoms with Crippen molar-refractivity contribution in [3.05, 3.63) is 39.9 Å². The van der Waals surface area contributed by atoms with E-state index in [0.717, 1.165) is 5.56 Å². The maximum Gasteiger partial charge on any atom is 0.354 e. The van der Waals surface area contributed by atoms with Gasteiger partial charge in [0.25, 0.3) is 0 Å². The van der Waals surface area contributed by atoms with Crippen molar-refractivity contribution in [1.29, 1.82) is 0 Å². The van der Waals surface area contributed by atoms with Crippen molar-refractivity contribution in [1.82, 2.24) is 19.1 Å². The highest BCUT2D eigenvalue weighted by Gasteiger charge is 2.33. The van der Waals surface area contributed by atoms with Crippen molar-refractivity contribution in [3.8, 4) is 0 Å². The Morgan fingerprint density at radius 3 is 2.85 bits per heavy atom. The van der Waals surface area contributed by atoms with Crippen LogP contribution in [0.1, 0.15) is 34.2 Å². The summed E-state index contributed by atoms with van der Waals surface area (Å²) in [5.41, 5.74) is 2.23. The van der Waals surface area contributed by atoms with Crippen molar-refractivity contribution >= 4 is 27.6 Å². The van der Waals surface area contributed by atoms with Gasteiger partial charge in [-0.3, -0.25) is 0 Å². The van der Waals surface area contributed by atoms with Gasteiger partial charge in [0.05, 0.1) is 12.8 Å². The molecule has 0 aliphatic carbocycles. The number of sulfonamides is 1. The molecule has 3 rings (SSSR count). The number of hydrogen-bond acceptors (Lipinski definition) is 6. The SMILES string of the molecule is CCOC(=O)c1cc(S(=O)(=O)N2CCc3cnnc(Cl)c3C2)c(C)n1C. The second kappa shape index (κ2) is 6.98. The zero-order valence-electron chi connectivity index (χ0n) is 14.7. The zero-order valence-corrected chi connectivity index (χ0v) is 16.3. The molecule has 140 valence electrons. The summed E-state index contributed by atoms with van der Waals surface area (Å²) < 4.78 is 34.2. The molecule has 26 heavy (non-hydrogen) atoms. The Morgan fingerprint density at radius 2 is 2.15 bits per heavy atom. The molecule has 0 amide bonds. The lowest BCUT2D eigenvalue weighted by atomic mass is 10.1. The van der Waals surface area contributed by atoms with Gasteiger partial charge >= 0.3 is 5.97 Å². The third kappa shape index (κ3) is 3.10. The Bertz CT molecular complexity index is 971. The van der Waals surface area contributed by atoms with Crippen LogP contribution in [0.25, 0.3) is 0 Å². The molecule has 0 aromatic carbocycles. The minimum absolute atomic E-state index is 0.0876. The maximum atomic E-state index is 13.2. The lowest BCUT2D eigenvalue weighted by Crippen LogP contribution is -2.36. The third-order valence-electron chi connectivity index (χ3n) is 4.55. The Labute approximate surface area is 156 Å². The molecule has 0 bridgehead atoms. The largest absolute Gasteiger partial charge is 0.461 e. The highest BCUT2D eigenvalue weighted by Crippen LogP contribution is 2.30.